The number of hydrogen-bond acceptors (Lipinski definition) is 2. The Balaban J connectivity index is 0.00000220. The number of rotatable bonds is 5. The van der Waals surface area contributed by atoms with Crippen LogP contribution in [0.3, 0.4) is 0 Å². The zero-order valence-electron chi connectivity index (χ0n) is 13.0. The van der Waals surface area contributed by atoms with Gasteiger partial charge in [-0.15, -0.1) is 12.4 Å². The van der Waals surface area contributed by atoms with E-state index < -0.39 is 0 Å². The molecule has 1 fully saturated rings. The summed E-state index contributed by atoms with van der Waals surface area (Å²) in [7, 11) is 0. The third-order valence-electron chi connectivity index (χ3n) is 4.30. The monoisotopic (exact) mass is 310 g/mol. The van der Waals surface area contributed by atoms with Gasteiger partial charge in [-0.2, -0.15) is 0 Å². The highest BCUT2D eigenvalue weighted by Crippen LogP contribution is 2.23. The molecular formula is C17H27ClN2O. The van der Waals surface area contributed by atoms with Gasteiger partial charge in [0, 0.05) is 18.5 Å². The molecule has 1 aliphatic heterocycles. The van der Waals surface area contributed by atoms with Crippen LogP contribution in [0.5, 0.6) is 0 Å². The lowest BCUT2D eigenvalue weighted by atomic mass is 9.92. The van der Waals surface area contributed by atoms with Crippen molar-refractivity contribution in [3.8, 4) is 0 Å². The van der Waals surface area contributed by atoms with Gasteiger partial charge >= 0.3 is 0 Å². The Morgan fingerprint density at radius 1 is 1.38 bits per heavy atom. The van der Waals surface area contributed by atoms with E-state index in [0.29, 0.717) is 18.4 Å². The van der Waals surface area contributed by atoms with Crippen molar-refractivity contribution < 1.29 is 4.79 Å². The van der Waals surface area contributed by atoms with Gasteiger partial charge in [0.25, 0.3) is 0 Å². The van der Waals surface area contributed by atoms with E-state index in [1.807, 2.05) is 18.2 Å². The second-order valence-corrected chi connectivity index (χ2v) is 5.78. The second-order valence-electron chi connectivity index (χ2n) is 5.78. The van der Waals surface area contributed by atoms with Crippen molar-refractivity contribution in [2.45, 2.75) is 57.5 Å². The lowest BCUT2D eigenvalue weighted by Crippen LogP contribution is -2.52. The van der Waals surface area contributed by atoms with Crippen LogP contribution in [-0.2, 0) is 4.79 Å². The number of nitrogens with one attached hydrogen (secondary N) is 2. The molecule has 3 unspecified atom stereocenters. The fraction of sp³-hybridized carbons (Fsp3) is 0.588. The topological polar surface area (TPSA) is 41.1 Å². The molecule has 3 atom stereocenters. The number of halogens is 1. The Morgan fingerprint density at radius 3 is 2.71 bits per heavy atom. The largest absolute Gasteiger partial charge is 0.352 e. The molecule has 1 saturated heterocycles. The summed E-state index contributed by atoms with van der Waals surface area (Å²) < 4.78 is 0. The van der Waals surface area contributed by atoms with Crippen LogP contribution in [0, 0.1) is 0 Å². The average molecular weight is 311 g/mol. The number of benzene rings is 1. The third kappa shape index (κ3) is 5.33. The summed E-state index contributed by atoms with van der Waals surface area (Å²) >= 11 is 0. The number of hydrogen-bond donors (Lipinski definition) is 2. The van der Waals surface area contributed by atoms with Gasteiger partial charge in [-0.05, 0) is 44.2 Å². The number of piperidine rings is 1. The highest BCUT2D eigenvalue weighted by atomic mass is 35.5. The molecular weight excluding hydrogens is 284 g/mol. The lowest BCUT2D eigenvalue weighted by Gasteiger charge is -2.31. The highest BCUT2D eigenvalue weighted by molar-refractivity contribution is 5.85. The summed E-state index contributed by atoms with van der Waals surface area (Å²) in [6.45, 7) is 5.36. The molecule has 0 saturated carbocycles. The fourth-order valence-corrected chi connectivity index (χ4v) is 2.95. The Kier molecular flexibility index (Phi) is 7.76. The van der Waals surface area contributed by atoms with Crippen molar-refractivity contribution >= 4 is 18.3 Å². The molecule has 118 valence electrons. The van der Waals surface area contributed by atoms with Gasteiger partial charge in [-0.25, -0.2) is 0 Å². The van der Waals surface area contributed by atoms with Gasteiger partial charge in [-0.3, -0.25) is 4.79 Å². The molecule has 0 aromatic heterocycles. The molecule has 0 radical (unpaired) electrons. The number of carbonyl (C=O) groups excluding carboxylic acids is 1. The van der Waals surface area contributed by atoms with Crippen LogP contribution in [0.15, 0.2) is 30.3 Å². The van der Waals surface area contributed by atoms with Crippen molar-refractivity contribution in [3.05, 3.63) is 35.9 Å². The molecule has 3 nitrogen and oxygen atoms in total. The standard InChI is InChI=1S/C17H26N2O.ClH/c1-3-14(15-8-5-4-6-9-15)12-17(20)19-16-10-7-11-18-13(16)2;/h4-6,8-9,13-14,16,18H,3,7,10-12H2,1-2H3,(H,19,20);1H. The molecule has 0 bridgehead atoms. The summed E-state index contributed by atoms with van der Waals surface area (Å²) in [4.78, 5) is 12.3. The zero-order valence-corrected chi connectivity index (χ0v) is 13.8. The summed E-state index contributed by atoms with van der Waals surface area (Å²) in [6, 6.07) is 11.0. The quantitative estimate of drug-likeness (QED) is 0.876. The van der Waals surface area contributed by atoms with E-state index in [1.54, 1.807) is 0 Å². The van der Waals surface area contributed by atoms with Gasteiger partial charge < -0.3 is 10.6 Å². The van der Waals surface area contributed by atoms with Crippen LogP contribution in [0.25, 0.3) is 0 Å². The van der Waals surface area contributed by atoms with E-state index in [0.717, 1.165) is 25.8 Å². The van der Waals surface area contributed by atoms with Crippen LogP contribution in [0.2, 0.25) is 0 Å². The molecule has 2 N–H and O–H groups in total. The van der Waals surface area contributed by atoms with Crippen molar-refractivity contribution in [2.24, 2.45) is 0 Å². The Labute approximate surface area is 134 Å². The Morgan fingerprint density at radius 2 is 2.10 bits per heavy atom. The predicted molar refractivity (Wildman–Crippen MR) is 90.0 cm³/mol. The minimum Gasteiger partial charge on any atom is -0.352 e. The maximum atomic E-state index is 12.3. The maximum Gasteiger partial charge on any atom is 0.220 e. The van der Waals surface area contributed by atoms with E-state index in [9.17, 15) is 4.79 Å². The predicted octanol–water partition coefficient (Wildman–Crippen LogP) is 3.25. The number of carbonyl (C=O) groups is 1. The van der Waals surface area contributed by atoms with E-state index in [-0.39, 0.29) is 24.4 Å². The SMILES string of the molecule is CCC(CC(=O)NC1CCCNC1C)c1ccccc1.Cl. The molecule has 21 heavy (non-hydrogen) atoms. The molecule has 0 spiro atoms. The smallest absolute Gasteiger partial charge is 0.220 e. The maximum absolute atomic E-state index is 12.3. The first-order valence-electron chi connectivity index (χ1n) is 7.78. The van der Waals surface area contributed by atoms with E-state index >= 15 is 0 Å². The molecule has 1 aromatic carbocycles. The van der Waals surface area contributed by atoms with Gasteiger partial charge in [0.1, 0.15) is 0 Å². The van der Waals surface area contributed by atoms with Gasteiger partial charge in [0.2, 0.25) is 5.91 Å². The van der Waals surface area contributed by atoms with Gasteiger partial charge in [0.15, 0.2) is 0 Å². The van der Waals surface area contributed by atoms with Crippen LogP contribution >= 0.6 is 12.4 Å². The van der Waals surface area contributed by atoms with Crippen molar-refractivity contribution in [1.29, 1.82) is 0 Å². The first kappa shape index (κ1) is 18.0. The summed E-state index contributed by atoms with van der Waals surface area (Å²) in [5.74, 6) is 0.504. The molecule has 4 heteroatoms. The molecule has 2 rings (SSSR count). The highest BCUT2D eigenvalue weighted by Gasteiger charge is 2.23. The summed E-state index contributed by atoms with van der Waals surface area (Å²) in [5, 5.41) is 6.62. The van der Waals surface area contributed by atoms with E-state index in [2.05, 4.69) is 36.6 Å². The normalized spacial score (nSPS) is 23.0. The fourth-order valence-electron chi connectivity index (χ4n) is 2.95. The van der Waals surface area contributed by atoms with Crippen molar-refractivity contribution in [1.82, 2.24) is 10.6 Å². The first-order valence-corrected chi connectivity index (χ1v) is 7.78. The lowest BCUT2D eigenvalue weighted by molar-refractivity contribution is -0.122. The number of amides is 1. The van der Waals surface area contributed by atoms with Crippen LogP contribution in [0.1, 0.15) is 51.0 Å². The summed E-state index contributed by atoms with van der Waals surface area (Å²) in [5.41, 5.74) is 1.26. The van der Waals surface area contributed by atoms with E-state index in [1.165, 1.54) is 5.56 Å². The van der Waals surface area contributed by atoms with Gasteiger partial charge in [-0.1, -0.05) is 37.3 Å². The third-order valence-corrected chi connectivity index (χ3v) is 4.30. The molecule has 1 aromatic rings. The molecule has 1 amide bonds. The van der Waals surface area contributed by atoms with Crippen molar-refractivity contribution in [3.63, 3.8) is 0 Å². The minimum absolute atomic E-state index is 0. The van der Waals surface area contributed by atoms with E-state index in [4.69, 9.17) is 0 Å². The first-order chi connectivity index (χ1) is 9.70. The Bertz CT molecular complexity index is 424. The molecule has 0 aliphatic carbocycles. The average Bonchev–Trinajstić information content (AvgIpc) is 2.48. The Hall–Kier alpha value is -1.06. The van der Waals surface area contributed by atoms with Gasteiger partial charge in [0.05, 0.1) is 0 Å². The van der Waals surface area contributed by atoms with Crippen LogP contribution in [0.4, 0.5) is 0 Å². The van der Waals surface area contributed by atoms with Crippen LogP contribution < -0.4 is 10.6 Å². The summed E-state index contributed by atoms with van der Waals surface area (Å²) in [6.07, 6.45) is 3.81. The molecule has 1 aliphatic rings. The zero-order chi connectivity index (χ0) is 14.4. The van der Waals surface area contributed by atoms with Crippen molar-refractivity contribution in [2.75, 3.05) is 6.54 Å². The van der Waals surface area contributed by atoms with Crippen LogP contribution in [-0.4, -0.2) is 24.5 Å². The minimum atomic E-state index is 0. The second kappa shape index (κ2) is 9.06. The molecule has 1 heterocycles.